The van der Waals surface area contributed by atoms with Gasteiger partial charge in [-0.2, -0.15) is 5.26 Å². The van der Waals surface area contributed by atoms with E-state index >= 15 is 0 Å². The molecule has 2 amide bonds. The highest BCUT2D eigenvalue weighted by molar-refractivity contribution is 6.42. The van der Waals surface area contributed by atoms with Gasteiger partial charge in [-0.15, -0.1) is 0 Å². The second-order valence-corrected chi connectivity index (χ2v) is 8.16. The predicted molar refractivity (Wildman–Crippen MR) is 117 cm³/mol. The molecule has 0 bridgehead atoms. The number of benzene rings is 1. The number of carbonyl (C=O) groups is 2. The van der Waals surface area contributed by atoms with Gasteiger partial charge in [-0.25, -0.2) is 0 Å². The van der Waals surface area contributed by atoms with Gasteiger partial charge in [0.25, 0.3) is 5.91 Å². The zero-order chi connectivity index (χ0) is 22.2. The van der Waals surface area contributed by atoms with E-state index in [1.165, 1.54) is 6.20 Å². The molecule has 1 aromatic heterocycles. The van der Waals surface area contributed by atoms with Crippen molar-refractivity contribution in [2.24, 2.45) is 5.92 Å². The Labute approximate surface area is 190 Å². The molecule has 0 aliphatic heterocycles. The molecule has 1 aliphatic carbocycles. The average Bonchev–Trinajstić information content (AvgIpc) is 2.79. The van der Waals surface area contributed by atoms with Crippen LogP contribution >= 0.6 is 23.2 Å². The summed E-state index contributed by atoms with van der Waals surface area (Å²) in [5.74, 6) is 0.158. The van der Waals surface area contributed by atoms with Gasteiger partial charge in [-0.05, 0) is 49.9 Å². The average molecular weight is 461 g/mol. The lowest BCUT2D eigenvalue weighted by molar-refractivity contribution is -0.126. The van der Waals surface area contributed by atoms with Crippen LogP contribution in [0.2, 0.25) is 10.0 Å². The largest absolute Gasteiger partial charge is 0.484 e. The second-order valence-electron chi connectivity index (χ2n) is 7.35. The van der Waals surface area contributed by atoms with Gasteiger partial charge in [0.1, 0.15) is 11.8 Å². The van der Waals surface area contributed by atoms with Crippen molar-refractivity contribution in [1.82, 2.24) is 15.6 Å². The number of aromatic nitrogens is 1. The van der Waals surface area contributed by atoms with Crippen LogP contribution in [-0.4, -0.2) is 29.4 Å². The van der Waals surface area contributed by atoms with Crippen LogP contribution in [0.4, 0.5) is 0 Å². The lowest BCUT2D eigenvalue weighted by Gasteiger charge is -2.28. The van der Waals surface area contributed by atoms with Crippen LogP contribution in [0.15, 0.2) is 36.5 Å². The van der Waals surface area contributed by atoms with Crippen molar-refractivity contribution in [3.05, 3.63) is 57.8 Å². The number of nitriles is 1. The summed E-state index contributed by atoms with van der Waals surface area (Å²) in [6.07, 6.45) is 4.34. The Hall–Kier alpha value is -2.82. The van der Waals surface area contributed by atoms with Crippen molar-refractivity contribution in [3.8, 4) is 11.8 Å². The van der Waals surface area contributed by atoms with Gasteiger partial charge in [0.2, 0.25) is 5.91 Å². The molecule has 162 valence electrons. The van der Waals surface area contributed by atoms with Crippen LogP contribution in [0.25, 0.3) is 0 Å². The molecule has 1 heterocycles. The molecule has 2 aromatic rings. The fraction of sp³-hybridized carbons (Fsp3) is 0.364. The van der Waals surface area contributed by atoms with Crippen molar-refractivity contribution in [1.29, 1.82) is 5.26 Å². The first-order valence-corrected chi connectivity index (χ1v) is 10.7. The van der Waals surface area contributed by atoms with Crippen LogP contribution in [0.5, 0.6) is 5.75 Å². The van der Waals surface area contributed by atoms with E-state index in [-0.39, 0.29) is 30.4 Å². The summed E-state index contributed by atoms with van der Waals surface area (Å²) in [6.45, 7) is 0.212. The van der Waals surface area contributed by atoms with Crippen LogP contribution < -0.4 is 15.4 Å². The summed E-state index contributed by atoms with van der Waals surface area (Å²) in [5, 5.41) is 15.4. The molecule has 0 spiro atoms. The number of halogens is 2. The summed E-state index contributed by atoms with van der Waals surface area (Å²) < 4.78 is 5.45. The number of pyridine rings is 1. The van der Waals surface area contributed by atoms with Gasteiger partial charge in [-0.1, -0.05) is 23.2 Å². The highest BCUT2D eigenvalue weighted by Gasteiger charge is 2.27. The lowest BCUT2D eigenvalue weighted by Crippen LogP contribution is -2.42. The number of hydrogen-bond acceptors (Lipinski definition) is 5. The third-order valence-corrected chi connectivity index (χ3v) is 5.86. The van der Waals surface area contributed by atoms with Gasteiger partial charge >= 0.3 is 0 Å². The number of amides is 2. The molecular weight excluding hydrogens is 439 g/mol. The zero-order valence-corrected chi connectivity index (χ0v) is 18.2. The maximum Gasteiger partial charge on any atom is 0.258 e. The second kappa shape index (κ2) is 11.0. The Balaban J connectivity index is 1.36. The van der Waals surface area contributed by atoms with Crippen molar-refractivity contribution < 1.29 is 14.3 Å². The maximum atomic E-state index is 12.4. The zero-order valence-electron chi connectivity index (χ0n) is 16.7. The fourth-order valence-electron chi connectivity index (χ4n) is 3.40. The number of ether oxygens (including phenoxy) is 1. The summed E-state index contributed by atoms with van der Waals surface area (Å²) in [7, 11) is 0. The molecule has 0 radical (unpaired) electrons. The molecule has 0 atom stereocenters. The van der Waals surface area contributed by atoms with Gasteiger partial charge in [-0.3, -0.25) is 14.6 Å². The summed E-state index contributed by atoms with van der Waals surface area (Å²) in [5.41, 5.74) is 1.19. The Bertz CT molecular complexity index is 968. The highest BCUT2D eigenvalue weighted by atomic mass is 35.5. The molecule has 1 aromatic carbocycles. The first kappa shape index (κ1) is 22.9. The molecule has 0 saturated heterocycles. The highest BCUT2D eigenvalue weighted by Crippen LogP contribution is 2.27. The molecule has 1 fully saturated rings. The lowest BCUT2D eigenvalue weighted by atomic mass is 9.85. The van der Waals surface area contributed by atoms with E-state index in [0.717, 1.165) is 12.8 Å². The fourth-order valence-corrected chi connectivity index (χ4v) is 3.69. The third kappa shape index (κ3) is 6.84. The quantitative estimate of drug-likeness (QED) is 0.656. The van der Waals surface area contributed by atoms with E-state index < -0.39 is 0 Å². The summed E-state index contributed by atoms with van der Waals surface area (Å²) >= 11 is 11.8. The molecule has 1 saturated carbocycles. The first-order valence-electron chi connectivity index (χ1n) is 9.94. The van der Waals surface area contributed by atoms with E-state index in [1.54, 1.807) is 30.3 Å². The smallest absolute Gasteiger partial charge is 0.258 e. The SMILES string of the molecule is N#Cc1ccc(CNC(=O)[C@H]2CC[C@H](NC(=O)COc3ccc(Cl)c(Cl)c3)CC2)nc1. The minimum Gasteiger partial charge on any atom is -0.484 e. The van der Waals surface area contributed by atoms with Crippen LogP contribution in [0.3, 0.4) is 0 Å². The van der Waals surface area contributed by atoms with Crippen molar-refractivity contribution in [3.63, 3.8) is 0 Å². The number of rotatable bonds is 7. The molecule has 1 aliphatic rings. The Kier molecular flexibility index (Phi) is 8.10. The van der Waals surface area contributed by atoms with Crippen LogP contribution in [0, 0.1) is 17.2 Å². The van der Waals surface area contributed by atoms with Crippen molar-refractivity contribution in [2.45, 2.75) is 38.3 Å². The Morgan fingerprint density at radius 3 is 2.55 bits per heavy atom. The van der Waals surface area contributed by atoms with Gasteiger partial charge in [0.05, 0.1) is 27.8 Å². The van der Waals surface area contributed by atoms with Crippen molar-refractivity contribution in [2.75, 3.05) is 6.61 Å². The number of nitrogens with one attached hydrogen (secondary N) is 2. The molecule has 3 rings (SSSR count). The van der Waals surface area contributed by atoms with Crippen molar-refractivity contribution >= 4 is 35.0 Å². The Morgan fingerprint density at radius 2 is 1.90 bits per heavy atom. The first-order chi connectivity index (χ1) is 14.9. The molecule has 9 heteroatoms. The minimum atomic E-state index is -0.217. The molecular formula is C22H22Cl2N4O3. The van der Waals surface area contributed by atoms with Gasteiger partial charge in [0, 0.05) is 24.2 Å². The van der Waals surface area contributed by atoms with Crippen LogP contribution in [-0.2, 0) is 16.1 Å². The summed E-state index contributed by atoms with van der Waals surface area (Å²) in [4.78, 5) is 28.7. The van der Waals surface area contributed by atoms with Gasteiger partial charge in [0.15, 0.2) is 6.61 Å². The predicted octanol–water partition coefficient (Wildman–Crippen LogP) is 3.63. The number of hydrogen-bond donors (Lipinski definition) is 2. The maximum absolute atomic E-state index is 12.4. The molecule has 0 unspecified atom stereocenters. The summed E-state index contributed by atoms with van der Waals surface area (Å²) in [6, 6.07) is 10.3. The Morgan fingerprint density at radius 1 is 1.13 bits per heavy atom. The number of nitrogens with zero attached hydrogens (tertiary/aromatic N) is 2. The van der Waals surface area contributed by atoms with E-state index in [4.69, 9.17) is 33.2 Å². The van der Waals surface area contributed by atoms with Crippen LogP contribution in [0.1, 0.15) is 36.9 Å². The normalized spacial score (nSPS) is 18.0. The van der Waals surface area contributed by atoms with Gasteiger partial charge < -0.3 is 15.4 Å². The van der Waals surface area contributed by atoms with E-state index in [2.05, 4.69) is 15.6 Å². The molecule has 31 heavy (non-hydrogen) atoms. The van der Waals surface area contributed by atoms with E-state index in [9.17, 15) is 9.59 Å². The van der Waals surface area contributed by atoms with E-state index in [0.29, 0.717) is 46.4 Å². The minimum absolute atomic E-state index is 0.0149. The third-order valence-electron chi connectivity index (χ3n) is 5.12. The standard InChI is InChI=1S/C22H22Cl2N4O3/c23-19-8-7-18(9-20(19)24)31-13-21(29)28-16-5-2-15(3-6-16)22(30)27-12-17-4-1-14(10-25)11-26-17/h1,4,7-9,11,15-16H,2-3,5-6,12-13H2,(H,27,30)(H,28,29)/t15-,16-. The molecule has 2 N–H and O–H groups in total. The topological polar surface area (TPSA) is 104 Å². The molecule has 7 nitrogen and oxygen atoms in total. The number of carbonyl (C=O) groups excluding carboxylic acids is 2. The van der Waals surface area contributed by atoms with E-state index in [1.807, 2.05) is 6.07 Å². The monoisotopic (exact) mass is 460 g/mol.